The van der Waals surface area contributed by atoms with Crippen molar-refractivity contribution in [2.45, 2.75) is 38.2 Å². The number of benzene rings is 1. The van der Waals surface area contributed by atoms with Gasteiger partial charge >= 0.3 is 0 Å². The van der Waals surface area contributed by atoms with Crippen molar-refractivity contribution in [3.05, 3.63) is 29.8 Å². The third kappa shape index (κ3) is 3.09. The second kappa shape index (κ2) is 6.52. The normalized spacial score (nSPS) is 29.7. The number of hydrogen-bond acceptors (Lipinski definition) is 3. The Morgan fingerprint density at radius 2 is 1.91 bits per heavy atom. The van der Waals surface area contributed by atoms with Gasteiger partial charge in [-0.2, -0.15) is 0 Å². The van der Waals surface area contributed by atoms with Gasteiger partial charge in [0.05, 0.1) is 11.7 Å². The molecule has 3 atom stereocenters. The monoisotopic (exact) mass is 315 g/mol. The summed E-state index contributed by atoms with van der Waals surface area (Å²) >= 11 is 0. The Balaban J connectivity index is 1.44. The molecule has 4 heteroatoms. The fraction of sp³-hybridized carbons (Fsp3) is 0.632. The number of ether oxygens (including phenoxy) is 2. The van der Waals surface area contributed by atoms with E-state index in [2.05, 4.69) is 0 Å². The molecule has 1 saturated carbocycles. The van der Waals surface area contributed by atoms with Gasteiger partial charge in [-0.25, -0.2) is 0 Å². The molecule has 0 aromatic heterocycles. The van der Waals surface area contributed by atoms with Crippen molar-refractivity contribution in [2.75, 3.05) is 26.3 Å². The fourth-order valence-corrected chi connectivity index (χ4v) is 4.30. The minimum absolute atomic E-state index is 0.127. The van der Waals surface area contributed by atoms with Crippen LogP contribution >= 0.6 is 0 Å². The first-order valence-corrected chi connectivity index (χ1v) is 8.94. The molecular weight excluding hydrogens is 290 g/mol. The summed E-state index contributed by atoms with van der Waals surface area (Å²) in [5.74, 6) is 2.27. The highest BCUT2D eigenvalue weighted by atomic mass is 16.5. The maximum atomic E-state index is 12.9. The topological polar surface area (TPSA) is 38.8 Å². The molecule has 3 unspecified atom stereocenters. The zero-order valence-electron chi connectivity index (χ0n) is 13.6. The molecule has 0 bridgehead atoms. The van der Waals surface area contributed by atoms with E-state index in [-0.39, 0.29) is 12.0 Å². The molecule has 1 aromatic carbocycles. The SMILES string of the molecule is O=C(c1ccccc1OCC1CCCO1)N1CC2CCCC2C1. The first kappa shape index (κ1) is 15.0. The molecule has 2 aliphatic heterocycles. The summed E-state index contributed by atoms with van der Waals surface area (Å²) in [6.45, 7) is 3.20. The van der Waals surface area contributed by atoms with Crippen molar-refractivity contribution in [1.29, 1.82) is 0 Å². The average molecular weight is 315 g/mol. The highest BCUT2D eigenvalue weighted by Crippen LogP contribution is 2.38. The first-order chi connectivity index (χ1) is 11.3. The summed E-state index contributed by atoms with van der Waals surface area (Å²) in [6.07, 6.45) is 6.22. The van der Waals surface area contributed by atoms with Gasteiger partial charge in [0.25, 0.3) is 5.91 Å². The predicted molar refractivity (Wildman–Crippen MR) is 87.6 cm³/mol. The molecule has 3 fully saturated rings. The number of carbonyl (C=O) groups excluding carboxylic acids is 1. The van der Waals surface area contributed by atoms with E-state index in [4.69, 9.17) is 9.47 Å². The Labute approximate surface area is 137 Å². The van der Waals surface area contributed by atoms with Crippen molar-refractivity contribution < 1.29 is 14.3 Å². The van der Waals surface area contributed by atoms with E-state index in [0.29, 0.717) is 17.9 Å². The van der Waals surface area contributed by atoms with E-state index >= 15 is 0 Å². The third-order valence-corrected chi connectivity index (χ3v) is 5.58. The Bertz CT molecular complexity index is 555. The maximum Gasteiger partial charge on any atom is 0.257 e. The van der Waals surface area contributed by atoms with Crippen LogP contribution in [0, 0.1) is 11.8 Å². The lowest BCUT2D eigenvalue weighted by Gasteiger charge is -2.20. The number of hydrogen-bond donors (Lipinski definition) is 0. The van der Waals surface area contributed by atoms with Crippen LogP contribution in [0.15, 0.2) is 24.3 Å². The highest BCUT2D eigenvalue weighted by molar-refractivity contribution is 5.97. The summed E-state index contributed by atoms with van der Waals surface area (Å²) in [4.78, 5) is 14.9. The van der Waals surface area contributed by atoms with E-state index in [9.17, 15) is 4.79 Å². The van der Waals surface area contributed by atoms with Crippen molar-refractivity contribution in [2.24, 2.45) is 11.8 Å². The van der Waals surface area contributed by atoms with E-state index < -0.39 is 0 Å². The van der Waals surface area contributed by atoms with Crippen LogP contribution in [0.2, 0.25) is 0 Å². The highest BCUT2D eigenvalue weighted by Gasteiger charge is 2.38. The van der Waals surface area contributed by atoms with Crippen molar-refractivity contribution in [1.82, 2.24) is 4.90 Å². The van der Waals surface area contributed by atoms with Gasteiger partial charge in [0.1, 0.15) is 12.4 Å². The molecule has 2 heterocycles. The molecule has 0 N–H and O–H groups in total. The van der Waals surface area contributed by atoms with Crippen LogP contribution in [0.1, 0.15) is 42.5 Å². The van der Waals surface area contributed by atoms with Crippen molar-refractivity contribution in [3.63, 3.8) is 0 Å². The molecule has 3 aliphatic rings. The molecular formula is C19H25NO3. The molecule has 124 valence electrons. The van der Waals surface area contributed by atoms with E-state index in [0.717, 1.165) is 44.4 Å². The lowest BCUT2D eigenvalue weighted by molar-refractivity contribution is 0.0655. The van der Waals surface area contributed by atoms with E-state index in [1.807, 2.05) is 29.2 Å². The molecule has 1 amide bonds. The van der Waals surface area contributed by atoms with Crippen LogP contribution in [0.4, 0.5) is 0 Å². The smallest absolute Gasteiger partial charge is 0.257 e. The summed E-state index contributed by atoms with van der Waals surface area (Å²) in [5.41, 5.74) is 0.700. The van der Waals surface area contributed by atoms with Crippen LogP contribution in [-0.4, -0.2) is 43.2 Å². The molecule has 0 radical (unpaired) electrons. The first-order valence-electron chi connectivity index (χ1n) is 8.94. The number of likely N-dealkylation sites (tertiary alicyclic amines) is 1. The van der Waals surface area contributed by atoms with Crippen LogP contribution in [0.25, 0.3) is 0 Å². The number of fused-ring (bicyclic) bond motifs is 1. The van der Waals surface area contributed by atoms with Crippen molar-refractivity contribution >= 4 is 5.91 Å². The Morgan fingerprint density at radius 3 is 2.65 bits per heavy atom. The van der Waals surface area contributed by atoms with Crippen molar-refractivity contribution in [3.8, 4) is 5.75 Å². The minimum Gasteiger partial charge on any atom is -0.490 e. The minimum atomic E-state index is 0.127. The van der Waals surface area contributed by atoms with E-state index in [1.165, 1.54) is 19.3 Å². The second-order valence-corrected chi connectivity index (χ2v) is 7.10. The molecule has 1 aliphatic carbocycles. The van der Waals surface area contributed by atoms with Crippen LogP contribution in [0.3, 0.4) is 0 Å². The number of para-hydroxylation sites is 1. The largest absolute Gasteiger partial charge is 0.490 e. The molecule has 23 heavy (non-hydrogen) atoms. The lowest BCUT2D eigenvalue weighted by atomic mass is 10.0. The van der Waals surface area contributed by atoms with Gasteiger partial charge in [-0.1, -0.05) is 18.6 Å². The van der Waals surface area contributed by atoms with Crippen LogP contribution < -0.4 is 4.74 Å². The molecule has 4 nitrogen and oxygen atoms in total. The molecule has 2 saturated heterocycles. The molecule has 1 aromatic rings. The summed E-state index contributed by atoms with van der Waals surface area (Å²) in [7, 11) is 0. The van der Waals surface area contributed by atoms with Crippen LogP contribution in [0.5, 0.6) is 5.75 Å². The molecule has 0 spiro atoms. The maximum absolute atomic E-state index is 12.9. The van der Waals surface area contributed by atoms with Gasteiger partial charge < -0.3 is 14.4 Å². The third-order valence-electron chi connectivity index (χ3n) is 5.58. The quantitative estimate of drug-likeness (QED) is 0.857. The number of carbonyl (C=O) groups is 1. The van der Waals surface area contributed by atoms with Gasteiger partial charge in [-0.3, -0.25) is 4.79 Å². The van der Waals surface area contributed by atoms with Crippen LogP contribution in [-0.2, 0) is 4.74 Å². The Morgan fingerprint density at radius 1 is 1.13 bits per heavy atom. The number of amides is 1. The van der Waals surface area contributed by atoms with Gasteiger partial charge in [-0.15, -0.1) is 0 Å². The summed E-state index contributed by atoms with van der Waals surface area (Å²) < 4.78 is 11.5. The zero-order valence-corrected chi connectivity index (χ0v) is 13.6. The average Bonchev–Trinajstić information content (AvgIpc) is 3.29. The summed E-state index contributed by atoms with van der Waals surface area (Å²) in [6, 6.07) is 7.64. The van der Waals surface area contributed by atoms with Gasteiger partial charge in [-0.05, 0) is 49.7 Å². The number of rotatable bonds is 4. The fourth-order valence-electron chi connectivity index (χ4n) is 4.30. The zero-order chi connectivity index (χ0) is 15.6. The Kier molecular flexibility index (Phi) is 4.25. The van der Waals surface area contributed by atoms with Gasteiger partial charge in [0.15, 0.2) is 0 Å². The summed E-state index contributed by atoms with van der Waals surface area (Å²) in [5, 5.41) is 0. The van der Waals surface area contributed by atoms with Gasteiger partial charge in [0.2, 0.25) is 0 Å². The Hall–Kier alpha value is -1.55. The second-order valence-electron chi connectivity index (χ2n) is 7.10. The molecule has 4 rings (SSSR count). The predicted octanol–water partition coefficient (Wildman–Crippen LogP) is 3.12. The van der Waals surface area contributed by atoms with E-state index in [1.54, 1.807) is 0 Å². The standard InChI is InChI=1S/C19H25NO3/c21-19(20-11-14-5-3-6-15(14)12-20)17-8-1-2-9-18(17)23-13-16-7-4-10-22-16/h1-2,8-9,14-16H,3-7,10-13H2. The van der Waals surface area contributed by atoms with Gasteiger partial charge in [0, 0.05) is 19.7 Å². The number of nitrogens with zero attached hydrogens (tertiary/aromatic N) is 1. The lowest BCUT2D eigenvalue weighted by Crippen LogP contribution is -2.30.